The summed E-state index contributed by atoms with van der Waals surface area (Å²) in [5.41, 5.74) is 7.09. The Bertz CT molecular complexity index is 476. The van der Waals surface area contributed by atoms with Gasteiger partial charge in [-0.25, -0.2) is 0 Å². The van der Waals surface area contributed by atoms with Crippen LogP contribution in [0.25, 0.3) is 0 Å². The molecule has 2 nitrogen and oxygen atoms in total. The molecule has 0 radical (unpaired) electrons. The molecule has 1 atom stereocenters. The highest BCUT2D eigenvalue weighted by Crippen LogP contribution is 2.34. The Kier molecular flexibility index (Phi) is 4.59. The van der Waals surface area contributed by atoms with Crippen LogP contribution in [0.3, 0.4) is 0 Å². The summed E-state index contributed by atoms with van der Waals surface area (Å²) in [6.07, 6.45) is 3.60. The molecular formula is C13H13BrN2S. The quantitative estimate of drug-likeness (QED) is 0.877. The fraction of sp³-hybridized carbons (Fsp3) is 0.154. The monoisotopic (exact) mass is 308 g/mol. The van der Waals surface area contributed by atoms with Crippen molar-refractivity contribution < 1.29 is 0 Å². The summed E-state index contributed by atoms with van der Waals surface area (Å²) in [5.74, 6) is 0. The lowest BCUT2D eigenvalue weighted by Crippen LogP contribution is -2.09. The number of benzene rings is 1. The zero-order valence-corrected chi connectivity index (χ0v) is 11.6. The second-order valence-corrected chi connectivity index (χ2v) is 5.77. The molecule has 1 unspecified atom stereocenters. The van der Waals surface area contributed by atoms with Crippen molar-refractivity contribution >= 4 is 27.7 Å². The molecule has 4 heteroatoms. The highest BCUT2D eigenvalue weighted by molar-refractivity contribution is 9.10. The molecule has 2 rings (SSSR count). The molecule has 0 saturated heterocycles. The molecule has 0 spiro atoms. The summed E-state index contributed by atoms with van der Waals surface area (Å²) >= 11 is 5.25. The third-order valence-corrected chi connectivity index (χ3v) is 4.15. The van der Waals surface area contributed by atoms with Crippen LogP contribution in [0.5, 0.6) is 0 Å². The first-order valence-electron chi connectivity index (χ1n) is 5.32. The fourth-order valence-corrected chi connectivity index (χ4v) is 2.94. The van der Waals surface area contributed by atoms with Crippen LogP contribution in [0.2, 0.25) is 0 Å². The highest BCUT2D eigenvalue weighted by Gasteiger charge is 2.11. The zero-order valence-electron chi connectivity index (χ0n) is 9.21. The van der Waals surface area contributed by atoms with Crippen molar-refractivity contribution in [2.24, 2.45) is 5.73 Å². The van der Waals surface area contributed by atoms with Crippen molar-refractivity contribution in [3.05, 3.63) is 58.8 Å². The molecule has 17 heavy (non-hydrogen) atoms. The van der Waals surface area contributed by atoms with E-state index < -0.39 is 0 Å². The summed E-state index contributed by atoms with van der Waals surface area (Å²) in [6, 6.07) is 12.3. The van der Waals surface area contributed by atoms with E-state index in [1.165, 1.54) is 10.5 Å². The summed E-state index contributed by atoms with van der Waals surface area (Å²) in [4.78, 5) is 5.20. The van der Waals surface area contributed by atoms with Gasteiger partial charge in [0.25, 0.3) is 0 Å². The van der Waals surface area contributed by atoms with Crippen molar-refractivity contribution in [1.29, 1.82) is 0 Å². The van der Waals surface area contributed by atoms with Crippen molar-refractivity contribution in [3.63, 3.8) is 0 Å². The maximum absolute atomic E-state index is 5.85. The lowest BCUT2D eigenvalue weighted by Gasteiger charge is -2.15. The number of aromatic nitrogens is 1. The van der Waals surface area contributed by atoms with E-state index in [2.05, 4.69) is 33.0 Å². The zero-order chi connectivity index (χ0) is 12.1. The van der Waals surface area contributed by atoms with Gasteiger partial charge < -0.3 is 5.73 Å². The van der Waals surface area contributed by atoms with Gasteiger partial charge in [0.1, 0.15) is 0 Å². The minimum Gasteiger partial charge on any atom is -0.329 e. The predicted molar refractivity (Wildman–Crippen MR) is 76.0 cm³/mol. The van der Waals surface area contributed by atoms with Crippen molar-refractivity contribution in [2.75, 3.05) is 6.54 Å². The Balaban J connectivity index is 2.17. The molecule has 1 aromatic carbocycles. The van der Waals surface area contributed by atoms with Crippen LogP contribution >= 0.6 is 27.7 Å². The minimum atomic E-state index is 0.273. The van der Waals surface area contributed by atoms with Crippen LogP contribution in [0.4, 0.5) is 0 Å². The molecule has 0 bridgehead atoms. The number of nitrogens with zero attached hydrogens (tertiary/aromatic N) is 1. The maximum Gasteiger partial charge on any atom is 0.0467 e. The van der Waals surface area contributed by atoms with E-state index >= 15 is 0 Å². The fourth-order valence-electron chi connectivity index (χ4n) is 1.54. The predicted octanol–water partition coefficient (Wildman–Crippen LogP) is 3.64. The smallest absolute Gasteiger partial charge is 0.0467 e. The van der Waals surface area contributed by atoms with E-state index in [4.69, 9.17) is 5.73 Å². The van der Waals surface area contributed by atoms with Crippen LogP contribution in [0, 0.1) is 0 Å². The second-order valence-electron chi connectivity index (χ2n) is 3.58. The SMILES string of the molecule is NCC(Sc1ccncc1)c1cccc(Br)c1. The third-order valence-electron chi connectivity index (χ3n) is 2.36. The van der Waals surface area contributed by atoms with Crippen molar-refractivity contribution in [2.45, 2.75) is 10.1 Å². The van der Waals surface area contributed by atoms with E-state index in [0.717, 1.165) is 4.47 Å². The molecule has 0 aliphatic heterocycles. The van der Waals surface area contributed by atoms with Gasteiger partial charge in [0.05, 0.1) is 0 Å². The first kappa shape index (κ1) is 12.6. The largest absolute Gasteiger partial charge is 0.329 e. The number of thioether (sulfide) groups is 1. The van der Waals surface area contributed by atoms with Gasteiger partial charge in [0.2, 0.25) is 0 Å². The van der Waals surface area contributed by atoms with Crippen LogP contribution in [0.15, 0.2) is 58.2 Å². The summed E-state index contributed by atoms with van der Waals surface area (Å²) in [5, 5.41) is 0.273. The van der Waals surface area contributed by atoms with E-state index in [-0.39, 0.29) is 5.25 Å². The molecule has 2 N–H and O–H groups in total. The van der Waals surface area contributed by atoms with Crippen molar-refractivity contribution in [3.8, 4) is 0 Å². The molecule has 1 heterocycles. The number of pyridine rings is 1. The third kappa shape index (κ3) is 3.56. The molecule has 0 aliphatic rings. The van der Waals surface area contributed by atoms with E-state index in [0.29, 0.717) is 6.54 Å². The summed E-state index contributed by atoms with van der Waals surface area (Å²) < 4.78 is 1.09. The Morgan fingerprint density at radius 2 is 2.00 bits per heavy atom. The highest BCUT2D eigenvalue weighted by atomic mass is 79.9. The van der Waals surface area contributed by atoms with Crippen molar-refractivity contribution in [1.82, 2.24) is 4.98 Å². The first-order chi connectivity index (χ1) is 8.29. The Labute approximate surface area is 114 Å². The normalized spacial score (nSPS) is 12.4. The van der Waals surface area contributed by atoms with Gasteiger partial charge in [-0.05, 0) is 29.8 Å². The van der Waals surface area contributed by atoms with Gasteiger partial charge in [-0.2, -0.15) is 0 Å². The van der Waals surface area contributed by atoms with Crippen LogP contribution in [-0.4, -0.2) is 11.5 Å². The number of hydrogen-bond donors (Lipinski definition) is 1. The average molecular weight is 309 g/mol. The van der Waals surface area contributed by atoms with E-state index in [1.807, 2.05) is 24.3 Å². The van der Waals surface area contributed by atoms with Gasteiger partial charge in [0.15, 0.2) is 0 Å². The Morgan fingerprint density at radius 1 is 1.24 bits per heavy atom. The van der Waals surface area contributed by atoms with Crippen LogP contribution in [0.1, 0.15) is 10.8 Å². The lowest BCUT2D eigenvalue weighted by atomic mass is 10.1. The van der Waals surface area contributed by atoms with Gasteiger partial charge >= 0.3 is 0 Å². The van der Waals surface area contributed by atoms with Gasteiger partial charge in [-0.1, -0.05) is 28.1 Å². The molecule has 0 amide bonds. The Hall–Kier alpha value is -0.840. The van der Waals surface area contributed by atoms with Gasteiger partial charge in [-0.15, -0.1) is 11.8 Å². The molecule has 0 aliphatic carbocycles. The minimum absolute atomic E-state index is 0.273. The summed E-state index contributed by atoms with van der Waals surface area (Å²) in [7, 11) is 0. The summed E-state index contributed by atoms with van der Waals surface area (Å²) in [6.45, 7) is 0.615. The number of rotatable bonds is 4. The molecular weight excluding hydrogens is 296 g/mol. The molecule has 88 valence electrons. The average Bonchev–Trinajstić information content (AvgIpc) is 2.37. The topological polar surface area (TPSA) is 38.9 Å². The van der Waals surface area contributed by atoms with Gasteiger partial charge in [-0.3, -0.25) is 4.98 Å². The maximum atomic E-state index is 5.85. The standard InChI is InChI=1S/C13H13BrN2S/c14-11-3-1-2-10(8-11)13(9-15)17-12-4-6-16-7-5-12/h1-8,13H,9,15H2. The number of halogens is 1. The van der Waals surface area contributed by atoms with E-state index in [9.17, 15) is 0 Å². The molecule has 1 aromatic heterocycles. The lowest BCUT2D eigenvalue weighted by molar-refractivity contribution is 0.939. The number of nitrogens with two attached hydrogens (primary N) is 1. The number of hydrogen-bond acceptors (Lipinski definition) is 3. The first-order valence-corrected chi connectivity index (χ1v) is 6.99. The molecule has 2 aromatic rings. The van der Waals surface area contributed by atoms with Gasteiger partial charge in [0, 0.05) is 33.6 Å². The Morgan fingerprint density at radius 3 is 2.65 bits per heavy atom. The van der Waals surface area contributed by atoms with Crippen LogP contribution < -0.4 is 5.73 Å². The molecule has 0 fully saturated rings. The molecule has 0 saturated carbocycles. The van der Waals surface area contributed by atoms with E-state index in [1.54, 1.807) is 24.2 Å². The second kappa shape index (κ2) is 6.19. The van der Waals surface area contributed by atoms with Crippen LogP contribution in [-0.2, 0) is 0 Å².